The summed E-state index contributed by atoms with van der Waals surface area (Å²) in [4.78, 5) is 13.8. The fraction of sp³-hybridized carbons (Fsp3) is 0.375. The lowest BCUT2D eigenvalue weighted by molar-refractivity contribution is -0.384. The Morgan fingerprint density at radius 3 is 2.72 bits per heavy atom. The van der Waals surface area contributed by atoms with Crippen molar-refractivity contribution in [3.8, 4) is 0 Å². The van der Waals surface area contributed by atoms with Gasteiger partial charge in [-0.2, -0.15) is 0 Å². The molecule has 0 saturated carbocycles. The largest absolute Gasteiger partial charge is 0.369 e. The van der Waals surface area contributed by atoms with Gasteiger partial charge in [-0.25, -0.2) is 18.1 Å². The number of sulfonamides is 1. The molecule has 1 aromatic rings. The maximum atomic E-state index is 11.1. The van der Waals surface area contributed by atoms with Gasteiger partial charge < -0.3 is 5.32 Å². The van der Waals surface area contributed by atoms with E-state index in [1.165, 1.54) is 13.1 Å². The molecule has 1 aromatic heterocycles. The minimum Gasteiger partial charge on any atom is -0.369 e. The fourth-order valence-corrected chi connectivity index (χ4v) is 1.87. The van der Waals surface area contributed by atoms with Gasteiger partial charge in [0.15, 0.2) is 0 Å². The van der Waals surface area contributed by atoms with E-state index < -0.39 is 14.9 Å². The minimum absolute atomic E-state index is 0.0387. The SMILES string of the molecule is CNS(=O)(=O)CCNc1cc([N+](=O)[O-])cc(Cl)n1. The van der Waals surface area contributed by atoms with Crippen molar-refractivity contribution in [2.24, 2.45) is 0 Å². The lowest BCUT2D eigenvalue weighted by Gasteiger charge is -2.06. The third kappa shape index (κ3) is 4.43. The van der Waals surface area contributed by atoms with Crippen LogP contribution in [0.4, 0.5) is 11.5 Å². The Balaban J connectivity index is 2.71. The predicted octanol–water partition coefficient (Wildman–Crippen LogP) is 0.604. The summed E-state index contributed by atoms with van der Waals surface area (Å²) in [6, 6.07) is 2.29. The van der Waals surface area contributed by atoms with Crippen LogP contribution in [0.5, 0.6) is 0 Å². The van der Waals surface area contributed by atoms with Crippen LogP contribution >= 0.6 is 11.6 Å². The number of pyridine rings is 1. The third-order valence-electron chi connectivity index (χ3n) is 1.98. The molecule has 0 aliphatic carbocycles. The number of rotatable bonds is 6. The van der Waals surface area contributed by atoms with Gasteiger partial charge in [0.1, 0.15) is 11.0 Å². The number of hydrogen-bond acceptors (Lipinski definition) is 6. The monoisotopic (exact) mass is 294 g/mol. The first-order valence-corrected chi connectivity index (χ1v) is 6.84. The Kier molecular flexibility index (Phi) is 4.82. The van der Waals surface area contributed by atoms with E-state index in [1.54, 1.807) is 0 Å². The quantitative estimate of drug-likeness (QED) is 0.451. The Morgan fingerprint density at radius 2 is 2.17 bits per heavy atom. The summed E-state index contributed by atoms with van der Waals surface area (Å²) in [6.45, 7) is 0.0632. The van der Waals surface area contributed by atoms with Crippen molar-refractivity contribution in [1.82, 2.24) is 9.71 Å². The Bertz CT molecular complexity index is 548. The molecule has 0 fully saturated rings. The Hall–Kier alpha value is -1.45. The molecular formula is C8H11ClN4O4S. The number of halogens is 1. The van der Waals surface area contributed by atoms with E-state index in [2.05, 4.69) is 15.0 Å². The van der Waals surface area contributed by atoms with Gasteiger partial charge in [0.05, 0.1) is 22.8 Å². The molecule has 0 amide bonds. The number of nitro groups is 1. The van der Waals surface area contributed by atoms with Crippen molar-refractivity contribution in [3.63, 3.8) is 0 Å². The van der Waals surface area contributed by atoms with Gasteiger partial charge in [0, 0.05) is 6.54 Å². The van der Waals surface area contributed by atoms with Crippen LogP contribution in [0.3, 0.4) is 0 Å². The Labute approximate surface area is 109 Å². The summed E-state index contributed by atoms with van der Waals surface area (Å²) in [5, 5.41) is 13.2. The second-order valence-corrected chi connectivity index (χ2v) is 5.67. The molecule has 0 aromatic carbocycles. The molecule has 18 heavy (non-hydrogen) atoms. The van der Waals surface area contributed by atoms with Crippen LogP contribution in [-0.4, -0.2) is 37.7 Å². The van der Waals surface area contributed by atoms with Gasteiger partial charge >= 0.3 is 0 Å². The van der Waals surface area contributed by atoms with Crippen LogP contribution in [-0.2, 0) is 10.0 Å². The molecule has 10 heteroatoms. The highest BCUT2D eigenvalue weighted by Crippen LogP contribution is 2.20. The summed E-state index contributed by atoms with van der Waals surface area (Å²) < 4.78 is 24.4. The van der Waals surface area contributed by atoms with Crippen LogP contribution in [0.2, 0.25) is 5.15 Å². The van der Waals surface area contributed by atoms with Gasteiger partial charge in [0.2, 0.25) is 10.0 Å². The molecule has 1 rings (SSSR count). The zero-order valence-electron chi connectivity index (χ0n) is 9.38. The molecule has 0 aliphatic rings. The number of nitrogens with zero attached hydrogens (tertiary/aromatic N) is 2. The van der Waals surface area contributed by atoms with Gasteiger partial charge in [-0.05, 0) is 7.05 Å². The number of nitrogens with one attached hydrogen (secondary N) is 2. The topological polar surface area (TPSA) is 114 Å². The van der Waals surface area contributed by atoms with Crippen LogP contribution in [0.15, 0.2) is 12.1 Å². The molecule has 8 nitrogen and oxygen atoms in total. The van der Waals surface area contributed by atoms with Crippen LogP contribution in [0, 0.1) is 10.1 Å². The van der Waals surface area contributed by atoms with E-state index in [9.17, 15) is 18.5 Å². The molecule has 0 atom stereocenters. The average molecular weight is 295 g/mol. The smallest absolute Gasteiger partial charge is 0.276 e. The fourth-order valence-electron chi connectivity index (χ4n) is 1.09. The van der Waals surface area contributed by atoms with Gasteiger partial charge in [-0.15, -0.1) is 0 Å². The molecule has 0 saturated heterocycles. The standard InChI is InChI=1S/C8H11ClN4O4S/c1-10-18(16,17)3-2-11-8-5-6(13(14)15)4-7(9)12-8/h4-5,10H,2-3H2,1H3,(H,11,12). The highest BCUT2D eigenvalue weighted by molar-refractivity contribution is 7.89. The van der Waals surface area contributed by atoms with Crippen molar-refractivity contribution in [2.45, 2.75) is 0 Å². The van der Waals surface area contributed by atoms with E-state index >= 15 is 0 Å². The van der Waals surface area contributed by atoms with Crippen molar-refractivity contribution < 1.29 is 13.3 Å². The highest BCUT2D eigenvalue weighted by atomic mass is 35.5. The van der Waals surface area contributed by atoms with E-state index in [1.807, 2.05) is 0 Å². The van der Waals surface area contributed by atoms with Crippen molar-refractivity contribution >= 4 is 33.1 Å². The Morgan fingerprint density at radius 1 is 1.50 bits per heavy atom. The number of aromatic nitrogens is 1. The average Bonchev–Trinajstić information content (AvgIpc) is 2.28. The van der Waals surface area contributed by atoms with Gasteiger partial charge in [-0.1, -0.05) is 11.6 Å². The number of hydrogen-bond donors (Lipinski definition) is 2. The highest BCUT2D eigenvalue weighted by Gasteiger charge is 2.11. The summed E-state index contributed by atoms with van der Waals surface area (Å²) >= 11 is 5.60. The van der Waals surface area contributed by atoms with E-state index in [4.69, 9.17) is 11.6 Å². The molecule has 0 aliphatic heterocycles. The zero-order valence-corrected chi connectivity index (χ0v) is 11.0. The van der Waals surface area contributed by atoms with E-state index in [0.717, 1.165) is 6.07 Å². The first kappa shape index (κ1) is 14.6. The molecule has 0 bridgehead atoms. The predicted molar refractivity (Wildman–Crippen MR) is 67.2 cm³/mol. The van der Waals surface area contributed by atoms with Crippen molar-refractivity contribution in [2.75, 3.05) is 24.7 Å². The molecule has 2 N–H and O–H groups in total. The minimum atomic E-state index is -3.33. The third-order valence-corrected chi connectivity index (χ3v) is 3.53. The van der Waals surface area contributed by atoms with Crippen molar-refractivity contribution in [3.05, 3.63) is 27.4 Å². The summed E-state index contributed by atoms with van der Waals surface area (Å²) in [5.74, 6) is -0.0219. The molecule has 0 unspecified atom stereocenters. The van der Waals surface area contributed by atoms with Crippen LogP contribution < -0.4 is 10.0 Å². The van der Waals surface area contributed by atoms with Gasteiger partial charge in [-0.3, -0.25) is 10.1 Å². The van der Waals surface area contributed by atoms with E-state index in [-0.39, 0.29) is 29.0 Å². The molecule has 0 spiro atoms. The lowest BCUT2D eigenvalue weighted by Crippen LogP contribution is -2.26. The number of anilines is 1. The second kappa shape index (κ2) is 5.94. The van der Waals surface area contributed by atoms with Crippen LogP contribution in [0.25, 0.3) is 0 Å². The summed E-state index contributed by atoms with van der Waals surface area (Å²) in [7, 11) is -2.03. The normalized spacial score (nSPS) is 11.2. The van der Waals surface area contributed by atoms with Crippen LogP contribution in [0.1, 0.15) is 0 Å². The molecule has 1 heterocycles. The maximum absolute atomic E-state index is 11.1. The lowest BCUT2D eigenvalue weighted by atomic mass is 10.4. The van der Waals surface area contributed by atoms with E-state index in [0.29, 0.717) is 0 Å². The second-order valence-electron chi connectivity index (χ2n) is 3.24. The molecular weight excluding hydrogens is 284 g/mol. The first-order valence-electron chi connectivity index (χ1n) is 4.81. The summed E-state index contributed by atoms with van der Waals surface area (Å²) in [5.41, 5.74) is -0.214. The molecule has 0 radical (unpaired) electrons. The summed E-state index contributed by atoms with van der Waals surface area (Å²) in [6.07, 6.45) is 0. The van der Waals surface area contributed by atoms with Gasteiger partial charge in [0.25, 0.3) is 5.69 Å². The zero-order chi connectivity index (χ0) is 13.8. The molecule has 100 valence electrons. The van der Waals surface area contributed by atoms with Crippen molar-refractivity contribution in [1.29, 1.82) is 0 Å². The first-order chi connectivity index (χ1) is 8.34. The maximum Gasteiger partial charge on any atom is 0.276 e.